The number of carbonyl (C=O) groups excluding carboxylic acids is 1. The van der Waals surface area contributed by atoms with Gasteiger partial charge in [0.2, 0.25) is 5.91 Å². The highest BCUT2D eigenvalue weighted by molar-refractivity contribution is 7.00. The van der Waals surface area contributed by atoms with Crippen molar-refractivity contribution in [2.75, 3.05) is 5.32 Å². The summed E-state index contributed by atoms with van der Waals surface area (Å²) in [7, 11) is 1.17. The molecule has 0 aliphatic rings. The maximum absolute atomic E-state index is 12.9. The minimum atomic E-state index is -4.73. The highest BCUT2D eigenvalue weighted by atomic mass is 32.1. The monoisotopic (exact) mass is 436 g/mol. The predicted octanol–water partition coefficient (Wildman–Crippen LogP) is 1.76. The van der Waals surface area contributed by atoms with E-state index >= 15 is 0 Å². The number of amides is 1. The summed E-state index contributed by atoms with van der Waals surface area (Å²) in [5, 5.41) is 2.34. The largest absolute Gasteiger partial charge is 0.433 e. The van der Waals surface area contributed by atoms with E-state index in [4.69, 9.17) is 0 Å². The summed E-state index contributed by atoms with van der Waals surface area (Å²) in [5.74, 6) is -0.686. The molecule has 13 heteroatoms. The minimum absolute atomic E-state index is 0.219. The number of aryl methyl sites for hydroxylation is 1. The molecule has 0 spiro atoms. The molecule has 1 amide bonds. The van der Waals surface area contributed by atoms with E-state index in [2.05, 4.69) is 19.0 Å². The van der Waals surface area contributed by atoms with Crippen molar-refractivity contribution in [3.8, 4) is 0 Å². The van der Waals surface area contributed by atoms with E-state index in [1.165, 1.54) is 7.05 Å². The third-order valence-corrected chi connectivity index (χ3v) is 4.88. The van der Waals surface area contributed by atoms with Gasteiger partial charge in [-0.1, -0.05) is 6.07 Å². The molecule has 9 nitrogen and oxygen atoms in total. The fourth-order valence-electron chi connectivity index (χ4n) is 2.91. The molecule has 154 valence electrons. The normalized spacial score (nSPS) is 11.9. The Labute approximate surface area is 168 Å². The highest BCUT2D eigenvalue weighted by Crippen LogP contribution is 2.28. The van der Waals surface area contributed by atoms with Gasteiger partial charge in [0.05, 0.1) is 22.8 Å². The summed E-state index contributed by atoms with van der Waals surface area (Å²) in [5.41, 5.74) is -2.16. The molecular weight excluding hydrogens is 425 g/mol. The average molecular weight is 436 g/mol. The second-order valence-electron chi connectivity index (χ2n) is 6.28. The van der Waals surface area contributed by atoms with Crippen LogP contribution >= 0.6 is 11.7 Å². The molecule has 0 radical (unpaired) electrons. The van der Waals surface area contributed by atoms with Crippen LogP contribution in [-0.2, 0) is 24.6 Å². The summed E-state index contributed by atoms with van der Waals surface area (Å²) in [4.78, 5) is 41.0. The van der Waals surface area contributed by atoms with Gasteiger partial charge in [-0.3, -0.25) is 18.7 Å². The van der Waals surface area contributed by atoms with Crippen molar-refractivity contribution in [2.24, 2.45) is 7.05 Å². The molecule has 1 N–H and O–H groups in total. The summed E-state index contributed by atoms with van der Waals surface area (Å²) < 4.78 is 48.3. The number of carbonyl (C=O) groups is 1. The lowest BCUT2D eigenvalue weighted by molar-refractivity contribution is -0.141. The lowest BCUT2D eigenvalue weighted by atomic mass is 10.2. The molecule has 3 heterocycles. The van der Waals surface area contributed by atoms with Crippen LogP contribution in [0.1, 0.15) is 5.69 Å². The molecule has 0 aliphatic heterocycles. The Morgan fingerprint density at radius 2 is 1.93 bits per heavy atom. The molecule has 0 atom stereocenters. The van der Waals surface area contributed by atoms with E-state index in [9.17, 15) is 27.6 Å². The number of hydrogen-bond donors (Lipinski definition) is 1. The zero-order valence-electron chi connectivity index (χ0n) is 15.1. The summed E-state index contributed by atoms with van der Waals surface area (Å²) in [6.07, 6.45) is -4.73. The molecule has 30 heavy (non-hydrogen) atoms. The van der Waals surface area contributed by atoms with E-state index in [-0.39, 0.29) is 5.39 Å². The Hall–Kier alpha value is -3.61. The van der Waals surface area contributed by atoms with Crippen LogP contribution in [0, 0.1) is 0 Å². The van der Waals surface area contributed by atoms with Gasteiger partial charge in [-0.15, -0.1) is 0 Å². The number of nitrogens with zero attached hydrogens (tertiary/aromatic N) is 5. The second-order valence-corrected chi connectivity index (χ2v) is 6.81. The van der Waals surface area contributed by atoms with Gasteiger partial charge in [-0.2, -0.15) is 21.9 Å². The van der Waals surface area contributed by atoms with Crippen LogP contribution in [0.15, 0.2) is 39.9 Å². The zero-order chi connectivity index (χ0) is 21.6. The molecule has 0 aliphatic carbocycles. The van der Waals surface area contributed by atoms with Gasteiger partial charge < -0.3 is 5.32 Å². The topological polar surface area (TPSA) is 112 Å². The van der Waals surface area contributed by atoms with Gasteiger partial charge in [0.1, 0.15) is 28.9 Å². The molecular formula is C17H11F3N6O3S. The number of rotatable bonds is 3. The molecule has 0 saturated heterocycles. The average Bonchev–Trinajstić information content (AvgIpc) is 3.18. The Morgan fingerprint density at radius 3 is 2.67 bits per heavy atom. The Kier molecular flexibility index (Phi) is 4.61. The van der Waals surface area contributed by atoms with Gasteiger partial charge in [-0.05, 0) is 24.3 Å². The minimum Gasteiger partial charge on any atom is -0.323 e. The third-order valence-electron chi connectivity index (χ3n) is 4.34. The van der Waals surface area contributed by atoms with Crippen molar-refractivity contribution in [1.29, 1.82) is 0 Å². The number of nitrogens with one attached hydrogen (secondary N) is 1. The van der Waals surface area contributed by atoms with Crippen molar-refractivity contribution in [1.82, 2.24) is 22.9 Å². The number of anilines is 1. The van der Waals surface area contributed by atoms with Crippen molar-refractivity contribution < 1.29 is 18.0 Å². The van der Waals surface area contributed by atoms with Crippen molar-refractivity contribution in [3.63, 3.8) is 0 Å². The highest BCUT2D eigenvalue weighted by Gasteiger charge is 2.33. The molecule has 0 bridgehead atoms. The van der Waals surface area contributed by atoms with E-state index in [1.807, 2.05) is 0 Å². The molecule has 4 aromatic rings. The molecule has 0 fully saturated rings. The zero-order valence-corrected chi connectivity index (χ0v) is 15.9. The number of alkyl halides is 3. The third kappa shape index (κ3) is 3.32. The fraction of sp³-hybridized carbons (Fsp3) is 0.176. The fourth-order valence-corrected chi connectivity index (χ4v) is 3.46. The van der Waals surface area contributed by atoms with E-state index in [0.29, 0.717) is 27.4 Å². The Balaban J connectivity index is 1.72. The number of pyridine rings is 1. The first-order valence-electron chi connectivity index (χ1n) is 8.36. The molecule has 0 unspecified atom stereocenters. The van der Waals surface area contributed by atoms with Crippen LogP contribution in [0.5, 0.6) is 0 Å². The van der Waals surface area contributed by atoms with Gasteiger partial charge >= 0.3 is 11.9 Å². The van der Waals surface area contributed by atoms with Crippen LogP contribution in [0.25, 0.3) is 22.1 Å². The summed E-state index contributed by atoms with van der Waals surface area (Å²) in [6, 6.07) is 6.54. The quantitative estimate of drug-likeness (QED) is 0.524. The molecule has 4 rings (SSSR count). The molecule has 1 aromatic carbocycles. The van der Waals surface area contributed by atoms with Crippen LogP contribution in [0.4, 0.5) is 18.9 Å². The van der Waals surface area contributed by atoms with Crippen molar-refractivity contribution in [3.05, 3.63) is 56.9 Å². The molecule has 3 aromatic heterocycles. The van der Waals surface area contributed by atoms with Crippen molar-refractivity contribution in [2.45, 2.75) is 12.7 Å². The van der Waals surface area contributed by atoms with Crippen LogP contribution in [-0.4, -0.2) is 28.8 Å². The number of benzene rings is 1. The maximum Gasteiger partial charge on any atom is 0.433 e. The lowest BCUT2D eigenvalue weighted by Gasteiger charge is -2.12. The van der Waals surface area contributed by atoms with E-state index < -0.39 is 41.2 Å². The Morgan fingerprint density at radius 1 is 1.17 bits per heavy atom. The summed E-state index contributed by atoms with van der Waals surface area (Å²) in [6.45, 7) is -0.642. The predicted molar refractivity (Wildman–Crippen MR) is 102 cm³/mol. The van der Waals surface area contributed by atoms with Gasteiger partial charge in [0.15, 0.2) is 0 Å². The number of hydrogen-bond acceptors (Lipinski definition) is 7. The molecule has 0 saturated carbocycles. The summed E-state index contributed by atoms with van der Waals surface area (Å²) >= 11 is 0.962. The number of fused-ring (bicyclic) bond motifs is 2. The first-order chi connectivity index (χ1) is 14.2. The SMILES string of the molecule is Cn1c(=O)n(CC(=O)Nc2cccc3nsnc23)c(=O)c2ccc(C(F)(F)F)nc21. The maximum atomic E-state index is 12.9. The first-order valence-corrected chi connectivity index (χ1v) is 9.09. The smallest absolute Gasteiger partial charge is 0.323 e. The lowest BCUT2D eigenvalue weighted by Crippen LogP contribution is -2.42. The van der Waals surface area contributed by atoms with E-state index in [1.54, 1.807) is 18.2 Å². The number of halogens is 3. The first kappa shape index (κ1) is 19.7. The Bertz CT molecular complexity index is 1420. The second kappa shape index (κ2) is 7.02. The van der Waals surface area contributed by atoms with Crippen LogP contribution < -0.4 is 16.6 Å². The van der Waals surface area contributed by atoms with Gasteiger partial charge in [0.25, 0.3) is 5.56 Å². The standard InChI is InChI=1S/C17H11F3N6O3S/c1-25-14-8(5-6-11(22-14)17(18,19)20)15(28)26(16(25)29)7-12(27)21-9-3-2-4-10-13(9)24-30-23-10/h2-6H,7H2,1H3,(H,21,27). The van der Waals surface area contributed by atoms with Gasteiger partial charge in [-0.25, -0.2) is 9.78 Å². The number of aromatic nitrogens is 5. The van der Waals surface area contributed by atoms with Gasteiger partial charge in [0, 0.05) is 7.05 Å². The van der Waals surface area contributed by atoms with Crippen molar-refractivity contribution >= 4 is 45.4 Å². The van der Waals surface area contributed by atoms with Crippen LogP contribution in [0.3, 0.4) is 0 Å². The van der Waals surface area contributed by atoms with E-state index in [0.717, 1.165) is 22.4 Å². The van der Waals surface area contributed by atoms with Crippen LogP contribution in [0.2, 0.25) is 0 Å².